The van der Waals surface area contributed by atoms with E-state index in [1.807, 2.05) is 13.8 Å². The van der Waals surface area contributed by atoms with E-state index >= 15 is 0 Å². The Hall–Kier alpha value is -0.960. The monoisotopic (exact) mass is 244 g/mol. The molecule has 0 unspecified atom stereocenters. The SMILES string of the molecule is CC.Cc1cc(N)c(NC2CC2)c(F)c1Cl. The minimum Gasteiger partial charge on any atom is -0.397 e. The minimum absolute atomic E-state index is 0.155. The molecule has 0 atom stereocenters. The van der Waals surface area contributed by atoms with Gasteiger partial charge in [-0.25, -0.2) is 4.39 Å². The number of halogens is 2. The fraction of sp³-hybridized carbons (Fsp3) is 0.500. The number of hydrogen-bond donors (Lipinski definition) is 2. The first-order valence-corrected chi connectivity index (χ1v) is 5.98. The summed E-state index contributed by atoms with van der Waals surface area (Å²) < 4.78 is 13.6. The molecule has 0 radical (unpaired) electrons. The summed E-state index contributed by atoms with van der Waals surface area (Å²) in [6.07, 6.45) is 2.15. The summed E-state index contributed by atoms with van der Waals surface area (Å²) in [6.45, 7) is 5.74. The molecule has 1 saturated carbocycles. The molecule has 1 fully saturated rings. The molecule has 0 aromatic heterocycles. The second-order valence-electron chi connectivity index (χ2n) is 3.70. The zero-order valence-corrected chi connectivity index (χ0v) is 10.7. The largest absolute Gasteiger partial charge is 0.397 e. The zero-order chi connectivity index (χ0) is 12.3. The van der Waals surface area contributed by atoms with Gasteiger partial charge in [-0.2, -0.15) is 0 Å². The lowest BCUT2D eigenvalue weighted by Gasteiger charge is -2.12. The van der Waals surface area contributed by atoms with Gasteiger partial charge in [0, 0.05) is 6.04 Å². The predicted molar refractivity (Wildman–Crippen MR) is 68.6 cm³/mol. The van der Waals surface area contributed by atoms with Crippen LogP contribution in [0.5, 0.6) is 0 Å². The first kappa shape index (κ1) is 13.1. The highest BCUT2D eigenvalue weighted by Crippen LogP contribution is 2.35. The van der Waals surface area contributed by atoms with E-state index in [2.05, 4.69) is 5.32 Å². The van der Waals surface area contributed by atoms with Gasteiger partial charge in [0.25, 0.3) is 0 Å². The third-order valence-electron chi connectivity index (χ3n) is 2.34. The second-order valence-corrected chi connectivity index (χ2v) is 4.08. The summed E-state index contributed by atoms with van der Waals surface area (Å²) in [5.74, 6) is -0.434. The van der Waals surface area contributed by atoms with Gasteiger partial charge in [0.15, 0.2) is 5.82 Å². The molecule has 3 N–H and O–H groups in total. The molecule has 1 aromatic carbocycles. The average molecular weight is 245 g/mol. The van der Waals surface area contributed by atoms with Crippen molar-refractivity contribution in [3.05, 3.63) is 22.5 Å². The third-order valence-corrected chi connectivity index (χ3v) is 2.81. The Kier molecular flexibility index (Phi) is 4.42. The quantitative estimate of drug-likeness (QED) is 0.773. The van der Waals surface area contributed by atoms with Crippen molar-refractivity contribution < 1.29 is 4.39 Å². The molecular weight excluding hydrogens is 227 g/mol. The van der Waals surface area contributed by atoms with Crippen molar-refractivity contribution in [1.82, 2.24) is 0 Å². The summed E-state index contributed by atoms with van der Waals surface area (Å²) >= 11 is 5.79. The van der Waals surface area contributed by atoms with E-state index in [0.29, 0.717) is 23.0 Å². The highest BCUT2D eigenvalue weighted by Gasteiger charge is 2.24. The van der Waals surface area contributed by atoms with E-state index in [1.54, 1.807) is 13.0 Å². The van der Waals surface area contributed by atoms with Crippen LogP contribution < -0.4 is 11.1 Å². The Bertz CT molecular complexity index is 376. The summed E-state index contributed by atoms with van der Waals surface area (Å²) in [7, 11) is 0. The topological polar surface area (TPSA) is 38.0 Å². The van der Waals surface area contributed by atoms with Crippen molar-refractivity contribution in [3.8, 4) is 0 Å². The summed E-state index contributed by atoms with van der Waals surface area (Å²) in [5.41, 5.74) is 7.15. The van der Waals surface area contributed by atoms with Gasteiger partial charge in [-0.05, 0) is 31.4 Å². The maximum atomic E-state index is 13.6. The van der Waals surface area contributed by atoms with Crippen LogP contribution in [0, 0.1) is 12.7 Å². The molecule has 1 aliphatic carbocycles. The van der Waals surface area contributed by atoms with Gasteiger partial charge in [-0.15, -0.1) is 0 Å². The molecule has 4 heteroatoms. The van der Waals surface area contributed by atoms with Crippen molar-refractivity contribution in [1.29, 1.82) is 0 Å². The average Bonchev–Trinajstić information content (AvgIpc) is 3.08. The first-order valence-electron chi connectivity index (χ1n) is 5.60. The first-order chi connectivity index (χ1) is 7.59. The molecule has 0 aliphatic heterocycles. The van der Waals surface area contributed by atoms with Gasteiger partial charge in [0.1, 0.15) is 0 Å². The molecule has 2 rings (SSSR count). The fourth-order valence-corrected chi connectivity index (χ4v) is 1.51. The second kappa shape index (κ2) is 5.39. The summed E-state index contributed by atoms with van der Waals surface area (Å²) in [4.78, 5) is 0. The van der Waals surface area contributed by atoms with Crippen LogP contribution in [-0.4, -0.2) is 6.04 Å². The molecule has 0 heterocycles. The van der Waals surface area contributed by atoms with E-state index in [1.165, 1.54) is 0 Å². The van der Waals surface area contributed by atoms with Gasteiger partial charge in [-0.3, -0.25) is 0 Å². The van der Waals surface area contributed by atoms with Crippen LogP contribution in [-0.2, 0) is 0 Å². The molecule has 1 aliphatic rings. The Balaban J connectivity index is 0.000000606. The highest BCUT2D eigenvalue weighted by molar-refractivity contribution is 6.32. The lowest BCUT2D eigenvalue weighted by molar-refractivity contribution is 0.630. The maximum absolute atomic E-state index is 13.6. The normalized spacial score (nSPS) is 14.1. The number of anilines is 2. The Labute approximate surface area is 101 Å². The standard InChI is InChI=1S/C10H12ClFN2.C2H6/c1-5-4-7(13)10(9(12)8(5)11)14-6-2-3-6;1-2/h4,6,14H,2-3,13H2,1H3;1-2H3. The number of rotatable bonds is 2. The van der Waals surface area contributed by atoms with Crippen LogP contribution in [0.2, 0.25) is 5.02 Å². The molecule has 0 saturated heterocycles. The number of benzene rings is 1. The van der Waals surface area contributed by atoms with E-state index < -0.39 is 5.82 Å². The number of nitrogen functional groups attached to an aromatic ring is 1. The highest BCUT2D eigenvalue weighted by atomic mass is 35.5. The molecule has 1 aromatic rings. The number of nitrogens with two attached hydrogens (primary N) is 1. The van der Waals surface area contributed by atoms with Crippen molar-refractivity contribution in [2.75, 3.05) is 11.1 Å². The molecular formula is C12H18ClFN2. The van der Waals surface area contributed by atoms with Crippen molar-refractivity contribution >= 4 is 23.0 Å². The van der Waals surface area contributed by atoms with Crippen molar-refractivity contribution in [3.63, 3.8) is 0 Å². The molecule has 0 spiro atoms. The van der Waals surface area contributed by atoms with Gasteiger partial charge in [0.2, 0.25) is 0 Å². The Morgan fingerprint density at radius 1 is 1.44 bits per heavy atom. The summed E-state index contributed by atoms with van der Waals surface area (Å²) in [6, 6.07) is 2.06. The van der Waals surface area contributed by atoms with Crippen LogP contribution >= 0.6 is 11.6 Å². The molecule has 90 valence electrons. The van der Waals surface area contributed by atoms with E-state index in [-0.39, 0.29) is 5.02 Å². The van der Waals surface area contributed by atoms with Crippen LogP contribution in [0.1, 0.15) is 32.3 Å². The Morgan fingerprint density at radius 2 is 2.00 bits per heavy atom. The zero-order valence-electron chi connectivity index (χ0n) is 9.90. The fourth-order valence-electron chi connectivity index (χ4n) is 1.36. The Morgan fingerprint density at radius 3 is 2.50 bits per heavy atom. The molecule has 0 bridgehead atoms. The molecule has 2 nitrogen and oxygen atoms in total. The summed E-state index contributed by atoms with van der Waals surface area (Å²) in [5, 5.41) is 3.19. The van der Waals surface area contributed by atoms with Gasteiger partial charge in [-0.1, -0.05) is 25.4 Å². The van der Waals surface area contributed by atoms with Crippen LogP contribution in [0.15, 0.2) is 6.07 Å². The smallest absolute Gasteiger partial charge is 0.167 e. The predicted octanol–water partition coefficient (Wildman–Crippen LogP) is 3.97. The van der Waals surface area contributed by atoms with Crippen LogP contribution in [0.4, 0.5) is 15.8 Å². The third kappa shape index (κ3) is 2.79. The number of hydrogen-bond acceptors (Lipinski definition) is 2. The van der Waals surface area contributed by atoms with E-state index in [0.717, 1.165) is 12.8 Å². The molecule has 0 amide bonds. The lowest BCUT2D eigenvalue weighted by atomic mass is 10.2. The van der Waals surface area contributed by atoms with Crippen LogP contribution in [0.3, 0.4) is 0 Å². The van der Waals surface area contributed by atoms with Gasteiger partial charge in [0.05, 0.1) is 16.4 Å². The minimum atomic E-state index is -0.434. The van der Waals surface area contributed by atoms with E-state index in [4.69, 9.17) is 17.3 Å². The van der Waals surface area contributed by atoms with Gasteiger partial charge < -0.3 is 11.1 Å². The van der Waals surface area contributed by atoms with Crippen LogP contribution in [0.25, 0.3) is 0 Å². The van der Waals surface area contributed by atoms with Crippen molar-refractivity contribution in [2.24, 2.45) is 0 Å². The number of nitrogens with one attached hydrogen (secondary N) is 1. The van der Waals surface area contributed by atoms with E-state index in [9.17, 15) is 4.39 Å². The lowest BCUT2D eigenvalue weighted by Crippen LogP contribution is -2.07. The van der Waals surface area contributed by atoms with Gasteiger partial charge >= 0.3 is 0 Å². The molecule has 16 heavy (non-hydrogen) atoms. The maximum Gasteiger partial charge on any atom is 0.167 e. The number of aryl methyl sites for hydroxylation is 1. The van der Waals surface area contributed by atoms with Crippen molar-refractivity contribution in [2.45, 2.75) is 39.7 Å².